The van der Waals surface area contributed by atoms with Crippen molar-refractivity contribution in [2.45, 2.75) is 32.1 Å². The van der Waals surface area contributed by atoms with Crippen molar-refractivity contribution in [1.29, 1.82) is 0 Å². The summed E-state index contributed by atoms with van der Waals surface area (Å²) in [5, 5.41) is 6.23. The summed E-state index contributed by atoms with van der Waals surface area (Å²) in [4.78, 5) is 4.22. The number of nitrogens with one attached hydrogen (secondary N) is 1. The third kappa shape index (κ3) is 2.50. The van der Waals surface area contributed by atoms with Crippen molar-refractivity contribution in [3.05, 3.63) is 42.2 Å². The normalized spacial score (nSPS) is 22.4. The summed E-state index contributed by atoms with van der Waals surface area (Å²) in [6.07, 6.45) is 7.80. The summed E-state index contributed by atoms with van der Waals surface area (Å²) in [6.45, 7) is 4.53. The summed E-state index contributed by atoms with van der Waals surface area (Å²) < 4.78 is 0. The SMILES string of the molecule is CCCNCC1CCC1c1cccc2cnccc12. The standard InChI is InChI=1S/C17H22N2/c1-2-9-18-12-14-6-7-15(14)17-5-3-4-13-11-19-10-8-16(13)17/h3-5,8,10-11,14-15,18H,2,6-7,9,12H2,1H3. The molecule has 0 aliphatic heterocycles. The van der Waals surface area contributed by atoms with Gasteiger partial charge in [0.2, 0.25) is 0 Å². The minimum atomic E-state index is 0.732. The van der Waals surface area contributed by atoms with E-state index in [9.17, 15) is 0 Å². The average Bonchev–Trinajstić information content (AvgIpc) is 2.43. The van der Waals surface area contributed by atoms with Crippen LogP contribution in [-0.2, 0) is 0 Å². The van der Waals surface area contributed by atoms with Gasteiger partial charge in [-0.05, 0) is 61.2 Å². The van der Waals surface area contributed by atoms with E-state index in [1.165, 1.54) is 42.1 Å². The molecule has 19 heavy (non-hydrogen) atoms. The van der Waals surface area contributed by atoms with Crippen LogP contribution in [0.25, 0.3) is 10.8 Å². The molecule has 1 aromatic carbocycles. The lowest BCUT2D eigenvalue weighted by Crippen LogP contribution is -2.34. The van der Waals surface area contributed by atoms with E-state index in [-0.39, 0.29) is 0 Å². The molecule has 0 amide bonds. The molecule has 1 aliphatic carbocycles. The molecule has 2 heteroatoms. The van der Waals surface area contributed by atoms with Crippen LogP contribution in [-0.4, -0.2) is 18.1 Å². The quantitative estimate of drug-likeness (QED) is 0.822. The van der Waals surface area contributed by atoms with Gasteiger partial charge in [-0.3, -0.25) is 4.98 Å². The molecule has 1 aromatic heterocycles. The molecule has 2 unspecified atom stereocenters. The maximum absolute atomic E-state index is 4.22. The number of nitrogens with zero attached hydrogens (tertiary/aromatic N) is 1. The van der Waals surface area contributed by atoms with E-state index < -0.39 is 0 Å². The number of rotatable bonds is 5. The smallest absolute Gasteiger partial charge is 0.0346 e. The van der Waals surface area contributed by atoms with Crippen LogP contribution in [0.3, 0.4) is 0 Å². The first-order valence-electron chi connectivity index (χ1n) is 7.43. The Labute approximate surface area is 115 Å². The van der Waals surface area contributed by atoms with Gasteiger partial charge in [0, 0.05) is 17.8 Å². The monoisotopic (exact) mass is 254 g/mol. The third-order valence-corrected chi connectivity index (χ3v) is 4.36. The molecule has 2 nitrogen and oxygen atoms in total. The highest BCUT2D eigenvalue weighted by atomic mass is 14.9. The van der Waals surface area contributed by atoms with E-state index >= 15 is 0 Å². The molecule has 1 N–H and O–H groups in total. The second kappa shape index (κ2) is 5.70. The van der Waals surface area contributed by atoms with Gasteiger partial charge >= 0.3 is 0 Å². The molecule has 2 atom stereocenters. The number of fused-ring (bicyclic) bond motifs is 1. The van der Waals surface area contributed by atoms with Gasteiger partial charge in [-0.25, -0.2) is 0 Å². The topological polar surface area (TPSA) is 24.9 Å². The summed E-state index contributed by atoms with van der Waals surface area (Å²) in [6, 6.07) is 8.81. The van der Waals surface area contributed by atoms with Gasteiger partial charge in [0.15, 0.2) is 0 Å². The van der Waals surface area contributed by atoms with Crippen molar-refractivity contribution in [3.8, 4) is 0 Å². The Morgan fingerprint density at radius 1 is 1.26 bits per heavy atom. The molecule has 0 saturated heterocycles. The van der Waals surface area contributed by atoms with Crippen LogP contribution in [0.1, 0.15) is 37.7 Å². The van der Waals surface area contributed by atoms with E-state index in [2.05, 4.69) is 41.5 Å². The highest BCUT2D eigenvalue weighted by Crippen LogP contribution is 2.44. The lowest BCUT2D eigenvalue weighted by Gasteiger charge is -2.38. The molecule has 1 fully saturated rings. The molecular formula is C17H22N2. The Kier molecular flexibility index (Phi) is 3.79. The van der Waals surface area contributed by atoms with Crippen LogP contribution in [0.4, 0.5) is 0 Å². The first-order chi connectivity index (χ1) is 9.40. The molecule has 1 aliphatic rings. The Morgan fingerprint density at radius 3 is 3.00 bits per heavy atom. The van der Waals surface area contributed by atoms with Crippen molar-refractivity contribution in [3.63, 3.8) is 0 Å². The number of hydrogen-bond acceptors (Lipinski definition) is 2. The number of benzene rings is 1. The lowest BCUT2D eigenvalue weighted by molar-refractivity contribution is 0.247. The summed E-state index contributed by atoms with van der Waals surface area (Å²) >= 11 is 0. The van der Waals surface area contributed by atoms with Crippen LogP contribution in [0, 0.1) is 5.92 Å². The molecule has 0 spiro atoms. The third-order valence-electron chi connectivity index (χ3n) is 4.36. The van der Waals surface area contributed by atoms with Gasteiger partial charge in [0.25, 0.3) is 0 Å². The van der Waals surface area contributed by atoms with Crippen LogP contribution < -0.4 is 5.32 Å². The van der Waals surface area contributed by atoms with E-state index in [1.54, 1.807) is 0 Å². The zero-order valence-electron chi connectivity index (χ0n) is 11.6. The minimum absolute atomic E-state index is 0.732. The Morgan fingerprint density at radius 2 is 2.21 bits per heavy atom. The Hall–Kier alpha value is -1.41. The van der Waals surface area contributed by atoms with E-state index in [0.717, 1.165) is 18.4 Å². The summed E-state index contributed by atoms with van der Waals surface area (Å²) in [5.74, 6) is 1.54. The van der Waals surface area contributed by atoms with Crippen LogP contribution in [0.15, 0.2) is 36.7 Å². The highest BCUT2D eigenvalue weighted by molar-refractivity contribution is 5.85. The summed E-state index contributed by atoms with van der Waals surface area (Å²) in [7, 11) is 0. The van der Waals surface area contributed by atoms with Gasteiger partial charge in [-0.1, -0.05) is 25.1 Å². The lowest BCUT2D eigenvalue weighted by atomic mass is 9.69. The molecule has 1 heterocycles. The maximum atomic E-state index is 4.22. The second-order valence-electron chi connectivity index (χ2n) is 5.59. The number of pyridine rings is 1. The molecule has 0 radical (unpaired) electrons. The van der Waals surface area contributed by atoms with E-state index in [4.69, 9.17) is 0 Å². The molecule has 1 saturated carbocycles. The molecule has 0 bridgehead atoms. The van der Waals surface area contributed by atoms with Gasteiger partial charge in [0.05, 0.1) is 0 Å². The summed E-state index contributed by atoms with van der Waals surface area (Å²) in [5.41, 5.74) is 1.52. The zero-order valence-corrected chi connectivity index (χ0v) is 11.6. The van der Waals surface area contributed by atoms with Gasteiger partial charge in [-0.2, -0.15) is 0 Å². The molecule has 3 rings (SSSR count). The first kappa shape index (κ1) is 12.6. The Balaban J connectivity index is 1.80. The maximum Gasteiger partial charge on any atom is 0.0346 e. The highest BCUT2D eigenvalue weighted by Gasteiger charge is 2.32. The number of hydrogen-bond donors (Lipinski definition) is 1. The van der Waals surface area contributed by atoms with Crippen LogP contribution in [0.5, 0.6) is 0 Å². The van der Waals surface area contributed by atoms with Crippen LogP contribution in [0.2, 0.25) is 0 Å². The predicted molar refractivity (Wildman–Crippen MR) is 80.4 cm³/mol. The van der Waals surface area contributed by atoms with Crippen molar-refractivity contribution >= 4 is 10.8 Å². The van der Waals surface area contributed by atoms with Gasteiger partial charge in [-0.15, -0.1) is 0 Å². The second-order valence-corrected chi connectivity index (χ2v) is 5.59. The van der Waals surface area contributed by atoms with Crippen molar-refractivity contribution in [1.82, 2.24) is 10.3 Å². The van der Waals surface area contributed by atoms with Crippen molar-refractivity contribution < 1.29 is 0 Å². The Bertz CT molecular complexity index is 544. The first-order valence-corrected chi connectivity index (χ1v) is 7.43. The van der Waals surface area contributed by atoms with Crippen molar-refractivity contribution in [2.24, 2.45) is 5.92 Å². The average molecular weight is 254 g/mol. The fourth-order valence-corrected chi connectivity index (χ4v) is 3.16. The molecule has 2 aromatic rings. The minimum Gasteiger partial charge on any atom is -0.316 e. The van der Waals surface area contributed by atoms with Crippen LogP contribution >= 0.6 is 0 Å². The predicted octanol–water partition coefficient (Wildman–Crippen LogP) is 3.73. The number of aromatic nitrogens is 1. The van der Waals surface area contributed by atoms with Gasteiger partial charge < -0.3 is 5.32 Å². The largest absolute Gasteiger partial charge is 0.316 e. The molecule has 100 valence electrons. The fraction of sp³-hybridized carbons (Fsp3) is 0.471. The van der Waals surface area contributed by atoms with Crippen molar-refractivity contribution in [2.75, 3.05) is 13.1 Å². The van der Waals surface area contributed by atoms with E-state index in [1.807, 2.05) is 12.4 Å². The van der Waals surface area contributed by atoms with Gasteiger partial charge in [0.1, 0.15) is 0 Å². The fourth-order valence-electron chi connectivity index (χ4n) is 3.16. The zero-order chi connectivity index (χ0) is 13.1. The molecular weight excluding hydrogens is 232 g/mol. The van der Waals surface area contributed by atoms with E-state index in [0.29, 0.717) is 0 Å².